The van der Waals surface area contributed by atoms with E-state index in [-0.39, 0.29) is 11.8 Å². The highest BCUT2D eigenvalue weighted by molar-refractivity contribution is 5.93. The number of ketones is 1. The molecule has 2 rings (SSSR count). The minimum absolute atomic E-state index is 0.0243. The van der Waals surface area contributed by atoms with Crippen LogP contribution in [0, 0.1) is 0 Å². The molecule has 0 aliphatic heterocycles. The largest absolute Gasteiger partial charge is 0.364 e. The van der Waals surface area contributed by atoms with Crippen molar-refractivity contribution in [1.29, 1.82) is 0 Å². The molecule has 0 bridgehead atoms. The second-order valence-corrected chi connectivity index (χ2v) is 4.13. The van der Waals surface area contributed by atoms with Gasteiger partial charge in [0.25, 0.3) is 0 Å². The van der Waals surface area contributed by atoms with E-state index in [4.69, 9.17) is 0 Å². The van der Waals surface area contributed by atoms with E-state index in [0.717, 1.165) is 11.4 Å². The molecule has 2 heterocycles. The molecular weight excluding hydrogens is 226 g/mol. The van der Waals surface area contributed by atoms with Gasteiger partial charge in [0.1, 0.15) is 5.82 Å². The molecular formula is C14H15N3O. The first-order chi connectivity index (χ1) is 8.66. The third-order valence-electron chi connectivity index (χ3n) is 2.74. The Morgan fingerprint density at radius 3 is 2.50 bits per heavy atom. The molecule has 0 aromatic carbocycles. The van der Waals surface area contributed by atoms with Crippen molar-refractivity contribution in [2.45, 2.75) is 19.9 Å². The van der Waals surface area contributed by atoms with E-state index in [0.29, 0.717) is 5.56 Å². The summed E-state index contributed by atoms with van der Waals surface area (Å²) in [5, 5.41) is 3.27. The predicted octanol–water partition coefficient (Wildman–Crippen LogP) is 2.85. The maximum atomic E-state index is 11.1. The van der Waals surface area contributed by atoms with Gasteiger partial charge in [0.15, 0.2) is 5.78 Å². The van der Waals surface area contributed by atoms with E-state index < -0.39 is 0 Å². The average molecular weight is 241 g/mol. The van der Waals surface area contributed by atoms with Gasteiger partial charge in [-0.25, -0.2) is 4.98 Å². The molecule has 0 amide bonds. The number of carbonyl (C=O) groups excluding carboxylic acids is 1. The van der Waals surface area contributed by atoms with Crippen LogP contribution < -0.4 is 5.32 Å². The van der Waals surface area contributed by atoms with Gasteiger partial charge in [-0.3, -0.25) is 9.78 Å². The number of nitrogens with zero attached hydrogens (tertiary/aromatic N) is 2. The van der Waals surface area contributed by atoms with E-state index in [2.05, 4.69) is 22.2 Å². The van der Waals surface area contributed by atoms with Crippen LogP contribution in [0.15, 0.2) is 42.9 Å². The summed E-state index contributed by atoms with van der Waals surface area (Å²) >= 11 is 0. The van der Waals surface area contributed by atoms with Gasteiger partial charge in [-0.1, -0.05) is 0 Å². The number of anilines is 1. The normalized spacial score (nSPS) is 11.9. The Morgan fingerprint density at radius 1 is 1.22 bits per heavy atom. The highest BCUT2D eigenvalue weighted by atomic mass is 16.1. The third kappa shape index (κ3) is 2.91. The lowest BCUT2D eigenvalue weighted by Gasteiger charge is -2.14. The smallest absolute Gasteiger partial charge is 0.161 e. The minimum Gasteiger partial charge on any atom is -0.364 e. The Labute approximate surface area is 106 Å². The quantitative estimate of drug-likeness (QED) is 0.836. The van der Waals surface area contributed by atoms with Crippen molar-refractivity contribution in [3.63, 3.8) is 0 Å². The van der Waals surface area contributed by atoms with E-state index in [1.54, 1.807) is 24.7 Å². The summed E-state index contributed by atoms with van der Waals surface area (Å²) in [5.74, 6) is 0.778. The molecule has 18 heavy (non-hydrogen) atoms. The number of pyridine rings is 2. The predicted molar refractivity (Wildman–Crippen MR) is 70.5 cm³/mol. The first-order valence-corrected chi connectivity index (χ1v) is 5.80. The van der Waals surface area contributed by atoms with Crippen LogP contribution in [0.5, 0.6) is 0 Å². The summed E-state index contributed by atoms with van der Waals surface area (Å²) in [6, 6.07) is 7.65. The van der Waals surface area contributed by atoms with Crippen LogP contribution in [0.3, 0.4) is 0 Å². The Morgan fingerprint density at radius 2 is 1.94 bits per heavy atom. The minimum atomic E-state index is 0.0243. The summed E-state index contributed by atoms with van der Waals surface area (Å²) in [4.78, 5) is 19.3. The number of nitrogens with one attached hydrogen (secondary N) is 1. The van der Waals surface area contributed by atoms with E-state index in [1.165, 1.54) is 6.92 Å². The number of Topliss-reactive ketones (excluding diaryl/α,β-unsaturated/α-hetero) is 1. The highest BCUT2D eigenvalue weighted by Crippen LogP contribution is 2.16. The first kappa shape index (κ1) is 12.2. The summed E-state index contributed by atoms with van der Waals surface area (Å²) in [6.45, 7) is 3.58. The van der Waals surface area contributed by atoms with E-state index in [9.17, 15) is 4.79 Å². The topological polar surface area (TPSA) is 54.9 Å². The standard InChI is InChI=1S/C14H15N3O/c1-10(12-5-7-15-8-6-12)17-14-4-3-13(9-16-14)11(2)18/h3-10H,1-2H3,(H,16,17). The molecule has 1 unspecified atom stereocenters. The maximum absolute atomic E-state index is 11.1. The van der Waals surface area contributed by atoms with Crippen molar-refractivity contribution in [2.24, 2.45) is 0 Å². The van der Waals surface area contributed by atoms with E-state index >= 15 is 0 Å². The van der Waals surface area contributed by atoms with Crippen LogP contribution in [0.4, 0.5) is 5.82 Å². The molecule has 1 N–H and O–H groups in total. The number of rotatable bonds is 4. The van der Waals surface area contributed by atoms with Crippen LogP contribution in [0.2, 0.25) is 0 Å². The maximum Gasteiger partial charge on any atom is 0.161 e. The van der Waals surface area contributed by atoms with E-state index in [1.807, 2.05) is 18.2 Å². The number of hydrogen-bond donors (Lipinski definition) is 1. The molecule has 92 valence electrons. The first-order valence-electron chi connectivity index (χ1n) is 5.80. The van der Waals surface area contributed by atoms with Crippen molar-refractivity contribution in [3.05, 3.63) is 54.0 Å². The van der Waals surface area contributed by atoms with Crippen LogP contribution in [-0.2, 0) is 0 Å². The summed E-state index contributed by atoms with van der Waals surface area (Å²) < 4.78 is 0. The highest BCUT2D eigenvalue weighted by Gasteiger charge is 2.06. The lowest BCUT2D eigenvalue weighted by Crippen LogP contribution is -2.08. The Hall–Kier alpha value is -2.23. The van der Waals surface area contributed by atoms with Crippen LogP contribution in [-0.4, -0.2) is 15.8 Å². The van der Waals surface area contributed by atoms with Gasteiger partial charge < -0.3 is 5.32 Å². The Bertz CT molecular complexity index is 522. The van der Waals surface area contributed by atoms with Crippen molar-refractivity contribution in [1.82, 2.24) is 9.97 Å². The third-order valence-corrected chi connectivity index (χ3v) is 2.74. The second kappa shape index (κ2) is 5.40. The fourth-order valence-corrected chi connectivity index (χ4v) is 1.64. The molecule has 1 atom stereocenters. The summed E-state index contributed by atoms with van der Waals surface area (Å²) in [6.07, 6.45) is 5.11. The van der Waals surface area contributed by atoms with Gasteiger partial charge in [0.05, 0.1) is 6.04 Å². The molecule has 0 saturated heterocycles. The summed E-state index contributed by atoms with van der Waals surface area (Å²) in [5.41, 5.74) is 1.76. The van der Waals surface area contributed by atoms with Gasteiger partial charge in [-0.15, -0.1) is 0 Å². The second-order valence-electron chi connectivity index (χ2n) is 4.13. The lowest BCUT2D eigenvalue weighted by atomic mass is 10.1. The summed E-state index contributed by atoms with van der Waals surface area (Å²) in [7, 11) is 0. The zero-order valence-corrected chi connectivity index (χ0v) is 10.4. The molecule has 0 saturated carbocycles. The molecule has 2 aromatic heterocycles. The molecule has 4 nitrogen and oxygen atoms in total. The molecule has 0 aliphatic rings. The van der Waals surface area contributed by atoms with Gasteiger partial charge in [-0.2, -0.15) is 0 Å². The van der Waals surface area contributed by atoms with Gasteiger partial charge in [-0.05, 0) is 43.7 Å². The monoisotopic (exact) mass is 241 g/mol. The molecule has 0 aliphatic carbocycles. The SMILES string of the molecule is CC(=O)c1ccc(NC(C)c2ccncc2)nc1. The van der Waals surface area contributed by atoms with Crippen molar-refractivity contribution in [3.8, 4) is 0 Å². The number of hydrogen-bond acceptors (Lipinski definition) is 4. The molecule has 0 spiro atoms. The van der Waals surface area contributed by atoms with Gasteiger partial charge in [0, 0.05) is 24.2 Å². The Balaban J connectivity index is 2.08. The number of aromatic nitrogens is 2. The van der Waals surface area contributed by atoms with Crippen LogP contribution in [0.25, 0.3) is 0 Å². The van der Waals surface area contributed by atoms with Crippen molar-refractivity contribution in [2.75, 3.05) is 5.32 Å². The van der Waals surface area contributed by atoms with Gasteiger partial charge in [0.2, 0.25) is 0 Å². The number of carbonyl (C=O) groups is 1. The van der Waals surface area contributed by atoms with Crippen molar-refractivity contribution < 1.29 is 4.79 Å². The zero-order chi connectivity index (χ0) is 13.0. The fraction of sp³-hybridized carbons (Fsp3) is 0.214. The molecule has 2 aromatic rings. The fourth-order valence-electron chi connectivity index (χ4n) is 1.64. The molecule has 0 fully saturated rings. The van der Waals surface area contributed by atoms with Crippen LogP contribution in [0.1, 0.15) is 35.8 Å². The van der Waals surface area contributed by atoms with Gasteiger partial charge >= 0.3 is 0 Å². The van der Waals surface area contributed by atoms with Crippen molar-refractivity contribution >= 4 is 11.6 Å². The lowest BCUT2D eigenvalue weighted by molar-refractivity contribution is 0.101. The molecule has 4 heteroatoms. The average Bonchev–Trinajstić information content (AvgIpc) is 2.40. The zero-order valence-electron chi connectivity index (χ0n) is 10.4. The Kier molecular flexibility index (Phi) is 3.67. The molecule has 0 radical (unpaired) electrons. The van der Waals surface area contributed by atoms with Crippen LogP contribution >= 0.6 is 0 Å².